The lowest BCUT2D eigenvalue weighted by molar-refractivity contribution is -0.385. The normalized spacial score (nSPS) is 11.8. The number of carbonyl (C=O) groups is 2. The Labute approximate surface area is 122 Å². The third kappa shape index (κ3) is 4.87. The zero-order chi connectivity index (χ0) is 16.0. The Morgan fingerprint density at radius 2 is 2.10 bits per heavy atom. The largest absolute Gasteiger partial charge is 0.477 e. The zero-order valence-electron chi connectivity index (χ0n) is 12.2. The van der Waals surface area contributed by atoms with Gasteiger partial charge in [0.2, 0.25) is 0 Å². The maximum absolute atomic E-state index is 11.7. The molecule has 7 heteroatoms. The van der Waals surface area contributed by atoms with Crippen LogP contribution >= 0.6 is 0 Å². The Hall–Kier alpha value is -2.44. The van der Waals surface area contributed by atoms with Gasteiger partial charge in [0.05, 0.1) is 4.92 Å². The number of hydrogen-bond donors (Lipinski definition) is 1. The van der Waals surface area contributed by atoms with E-state index in [1.54, 1.807) is 0 Å². The number of aldehydes is 1. The minimum atomic E-state index is -0.656. The maximum Gasteiger partial charge on any atom is 0.311 e. The smallest absolute Gasteiger partial charge is 0.311 e. The van der Waals surface area contributed by atoms with E-state index in [1.807, 2.05) is 20.8 Å². The number of carbonyl (C=O) groups excluding carboxylic acids is 2. The predicted molar refractivity (Wildman–Crippen MR) is 76.4 cm³/mol. The van der Waals surface area contributed by atoms with Gasteiger partial charge in [0.25, 0.3) is 5.91 Å². The van der Waals surface area contributed by atoms with Gasteiger partial charge in [-0.3, -0.25) is 19.7 Å². The molecule has 1 atom stereocenters. The number of nitrogens with one attached hydrogen (secondary N) is 1. The fourth-order valence-electron chi connectivity index (χ4n) is 1.48. The lowest BCUT2D eigenvalue weighted by Gasteiger charge is -2.17. The monoisotopic (exact) mass is 294 g/mol. The summed E-state index contributed by atoms with van der Waals surface area (Å²) in [6.45, 7) is 5.48. The lowest BCUT2D eigenvalue weighted by atomic mass is 10.1. The summed E-state index contributed by atoms with van der Waals surface area (Å²) in [6, 6.07) is 3.79. The van der Waals surface area contributed by atoms with E-state index in [0.29, 0.717) is 6.29 Å². The van der Waals surface area contributed by atoms with Crippen LogP contribution in [0.1, 0.15) is 31.1 Å². The summed E-state index contributed by atoms with van der Waals surface area (Å²) in [6.07, 6.45) is 0.508. The number of ether oxygens (including phenoxy) is 1. The molecule has 0 heterocycles. The number of nitro benzene ring substituents is 1. The molecular weight excluding hydrogens is 276 g/mol. The molecule has 1 amide bonds. The predicted octanol–water partition coefficient (Wildman–Crippen LogP) is 1.95. The highest BCUT2D eigenvalue weighted by molar-refractivity contribution is 5.79. The highest BCUT2D eigenvalue weighted by Crippen LogP contribution is 2.27. The molecule has 0 spiro atoms. The summed E-state index contributed by atoms with van der Waals surface area (Å²) in [7, 11) is 0. The maximum atomic E-state index is 11.7. The number of benzene rings is 1. The van der Waals surface area contributed by atoms with Gasteiger partial charge in [0.1, 0.15) is 6.29 Å². The Bertz CT molecular complexity index is 542. The number of hydrogen-bond acceptors (Lipinski definition) is 5. The highest BCUT2D eigenvalue weighted by Gasteiger charge is 2.18. The molecule has 0 aliphatic rings. The molecule has 0 saturated heterocycles. The topological polar surface area (TPSA) is 98.5 Å². The summed E-state index contributed by atoms with van der Waals surface area (Å²) in [4.78, 5) is 32.5. The van der Waals surface area contributed by atoms with Crippen LogP contribution in [0.15, 0.2) is 18.2 Å². The van der Waals surface area contributed by atoms with E-state index >= 15 is 0 Å². The van der Waals surface area contributed by atoms with Crippen LogP contribution < -0.4 is 10.1 Å². The first-order chi connectivity index (χ1) is 9.85. The molecular formula is C14H18N2O5. The summed E-state index contributed by atoms with van der Waals surface area (Å²) in [5.74, 6) is -0.127. The molecule has 1 rings (SSSR count). The van der Waals surface area contributed by atoms with Gasteiger partial charge in [-0.2, -0.15) is 0 Å². The molecule has 0 bridgehead atoms. The van der Waals surface area contributed by atoms with Gasteiger partial charge in [-0.15, -0.1) is 0 Å². The van der Waals surface area contributed by atoms with Gasteiger partial charge in [-0.1, -0.05) is 13.8 Å². The lowest BCUT2D eigenvalue weighted by Crippen LogP contribution is -2.39. The molecule has 7 nitrogen and oxygen atoms in total. The second-order valence-electron chi connectivity index (χ2n) is 4.99. The van der Waals surface area contributed by atoms with E-state index in [9.17, 15) is 19.7 Å². The van der Waals surface area contributed by atoms with Crippen molar-refractivity contribution in [3.05, 3.63) is 33.9 Å². The van der Waals surface area contributed by atoms with Crippen LogP contribution in [0.3, 0.4) is 0 Å². The van der Waals surface area contributed by atoms with E-state index in [-0.39, 0.29) is 41.5 Å². The average Bonchev–Trinajstić information content (AvgIpc) is 2.44. The summed E-state index contributed by atoms with van der Waals surface area (Å²) in [5.41, 5.74) is -0.170. The highest BCUT2D eigenvalue weighted by atomic mass is 16.6. The van der Waals surface area contributed by atoms with E-state index in [0.717, 1.165) is 6.07 Å². The van der Waals surface area contributed by atoms with E-state index < -0.39 is 4.92 Å². The number of amides is 1. The van der Waals surface area contributed by atoms with E-state index in [2.05, 4.69) is 5.32 Å². The molecule has 0 radical (unpaired) electrons. The zero-order valence-corrected chi connectivity index (χ0v) is 12.2. The second kappa shape index (κ2) is 7.37. The summed E-state index contributed by atoms with van der Waals surface area (Å²) < 4.78 is 5.17. The molecule has 1 N–H and O–H groups in total. The van der Waals surface area contributed by atoms with Crippen LogP contribution in [0, 0.1) is 16.0 Å². The quantitative estimate of drug-likeness (QED) is 0.471. The Balaban J connectivity index is 2.73. The Morgan fingerprint density at radius 3 is 2.62 bits per heavy atom. The minimum absolute atomic E-state index is 0.0199. The van der Waals surface area contributed by atoms with Crippen LogP contribution in [0.2, 0.25) is 0 Å². The fourth-order valence-corrected chi connectivity index (χ4v) is 1.48. The first kappa shape index (κ1) is 16.6. The molecule has 0 aromatic heterocycles. The van der Waals surface area contributed by atoms with Gasteiger partial charge in [-0.05, 0) is 25.0 Å². The van der Waals surface area contributed by atoms with Crippen LogP contribution in [0.25, 0.3) is 0 Å². The molecule has 0 saturated carbocycles. The Morgan fingerprint density at radius 1 is 1.43 bits per heavy atom. The van der Waals surface area contributed by atoms with Crippen molar-refractivity contribution in [2.75, 3.05) is 6.61 Å². The third-order valence-electron chi connectivity index (χ3n) is 3.06. The standard InChI is InChI=1S/C14H18N2O5/c1-9(2)10(3)15-14(18)8-21-13-5-4-11(7-17)6-12(13)16(19)20/h4-7,9-10H,8H2,1-3H3,(H,15,18)/t10-/m1/s1. The van der Waals surface area contributed by atoms with Gasteiger partial charge in [0, 0.05) is 17.7 Å². The van der Waals surface area contributed by atoms with Gasteiger partial charge >= 0.3 is 5.69 Å². The number of rotatable bonds is 7. The Kier molecular flexibility index (Phi) is 5.83. The van der Waals surface area contributed by atoms with Crippen molar-refractivity contribution in [1.82, 2.24) is 5.32 Å². The molecule has 0 aliphatic heterocycles. The van der Waals surface area contributed by atoms with Crippen molar-refractivity contribution in [3.8, 4) is 5.75 Å². The van der Waals surface area contributed by atoms with Crippen molar-refractivity contribution in [1.29, 1.82) is 0 Å². The summed E-state index contributed by atoms with van der Waals surface area (Å²) >= 11 is 0. The third-order valence-corrected chi connectivity index (χ3v) is 3.06. The van der Waals surface area contributed by atoms with Crippen molar-refractivity contribution in [2.24, 2.45) is 5.92 Å². The second-order valence-corrected chi connectivity index (χ2v) is 4.99. The minimum Gasteiger partial charge on any atom is -0.477 e. The van der Waals surface area contributed by atoms with Crippen LogP contribution in [0.5, 0.6) is 5.75 Å². The van der Waals surface area contributed by atoms with Gasteiger partial charge < -0.3 is 10.1 Å². The van der Waals surface area contributed by atoms with Crippen LogP contribution in [-0.4, -0.2) is 29.8 Å². The van der Waals surface area contributed by atoms with Crippen molar-refractivity contribution >= 4 is 17.9 Å². The molecule has 0 aliphatic carbocycles. The average molecular weight is 294 g/mol. The molecule has 0 unspecified atom stereocenters. The van der Waals surface area contributed by atoms with E-state index in [4.69, 9.17) is 4.74 Å². The van der Waals surface area contributed by atoms with E-state index in [1.165, 1.54) is 12.1 Å². The molecule has 114 valence electrons. The van der Waals surface area contributed by atoms with Gasteiger partial charge in [-0.25, -0.2) is 0 Å². The number of nitrogens with zero attached hydrogens (tertiary/aromatic N) is 1. The summed E-state index contributed by atoms with van der Waals surface area (Å²) in [5, 5.41) is 13.6. The SMILES string of the molecule is CC(C)[C@@H](C)NC(=O)COc1ccc(C=O)cc1[N+](=O)[O-]. The van der Waals surface area contributed by atoms with Crippen LogP contribution in [0.4, 0.5) is 5.69 Å². The van der Waals surface area contributed by atoms with Crippen molar-refractivity contribution in [3.63, 3.8) is 0 Å². The first-order valence-corrected chi connectivity index (χ1v) is 6.51. The van der Waals surface area contributed by atoms with Crippen LogP contribution in [-0.2, 0) is 4.79 Å². The fraction of sp³-hybridized carbons (Fsp3) is 0.429. The van der Waals surface area contributed by atoms with Crippen molar-refractivity contribution in [2.45, 2.75) is 26.8 Å². The molecule has 1 aromatic rings. The number of nitro groups is 1. The van der Waals surface area contributed by atoms with Gasteiger partial charge in [0.15, 0.2) is 12.4 Å². The first-order valence-electron chi connectivity index (χ1n) is 6.51. The van der Waals surface area contributed by atoms with Crippen molar-refractivity contribution < 1.29 is 19.2 Å². The molecule has 0 fully saturated rings. The molecule has 1 aromatic carbocycles. The molecule has 21 heavy (non-hydrogen) atoms.